The lowest BCUT2D eigenvalue weighted by atomic mass is 9.79. The van der Waals surface area contributed by atoms with Crippen molar-refractivity contribution in [1.82, 2.24) is 4.98 Å². The van der Waals surface area contributed by atoms with Gasteiger partial charge in [-0.15, -0.1) is 0 Å². The third-order valence-electron chi connectivity index (χ3n) is 3.56. The normalized spacial score (nSPS) is 24.6. The van der Waals surface area contributed by atoms with Crippen molar-refractivity contribution < 1.29 is 5.11 Å². The molecule has 0 aliphatic heterocycles. The quantitative estimate of drug-likeness (QED) is 0.812. The predicted molar refractivity (Wildman–Crippen MR) is 70.3 cm³/mol. The van der Waals surface area contributed by atoms with Crippen LogP contribution in [0.4, 0.5) is 5.82 Å². The molecule has 1 saturated carbocycles. The van der Waals surface area contributed by atoms with Gasteiger partial charge in [0, 0.05) is 13.2 Å². The summed E-state index contributed by atoms with van der Waals surface area (Å²) in [5, 5.41) is 13.2. The molecule has 1 aliphatic rings. The molecule has 0 spiro atoms. The van der Waals surface area contributed by atoms with Crippen LogP contribution in [0.15, 0.2) is 18.2 Å². The molecule has 2 N–H and O–H groups in total. The van der Waals surface area contributed by atoms with Crippen molar-refractivity contribution in [2.45, 2.75) is 25.7 Å². The van der Waals surface area contributed by atoms with Crippen LogP contribution < -0.4 is 5.32 Å². The predicted octanol–water partition coefficient (Wildman–Crippen LogP) is 2.95. The van der Waals surface area contributed by atoms with E-state index in [2.05, 4.69) is 10.3 Å². The van der Waals surface area contributed by atoms with Crippen molar-refractivity contribution in [2.24, 2.45) is 11.8 Å². The van der Waals surface area contributed by atoms with E-state index >= 15 is 0 Å². The number of rotatable bonds is 4. The first-order valence-electron chi connectivity index (χ1n) is 6.27. The lowest BCUT2D eigenvalue weighted by Crippen LogP contribution is -2.28. The molecule has 0 aromatic carbocycles. The molecule has 17 heavy (non-hydrogen) atoms. The first-order valence-corrected chi connectivity index (χ1v) is 6.64. The molecule has 94 valence electrons. The van der Waals surface area contributed by atoms with Crippen LogP contribution in [0.25, 0.3) is 0 Å². The molecule has 0 bridgehead atoms. The highest BCUT2D eigenvalue weighted by Gasteiger charge is 2.24. The second kappa shape index (κ2) is 6.22. The number of anilines is 1. The van der Waals surface area contributed by atoms with Gasteiger partial charge in [0.2, 0.25) is 0 Å². The second-order valence-electron chi connectivity index (χ2n) is 4.71. The summed E-state index contributed by atoms with van der Waals surface area (Å²) in [5.41, 5.74) is 0. The van der Waals surface area contributed by atoms with E-state index in [1.165, 1.54) is 19.3 Å². The number of hydrogen-bond acceptors (Lipinski definition) is 3. The van der Waals surface area contributed by atoms with E-state index in [1.807, 2.05) is 12.1 Å². The molecular weight excluding hydrogens is 236 g/mol. The molecule has 0 amide bonds. The number of nitrogens with one attached hydrogen (secondary N) is 1. The van der Waals surface area contributed by atoms with E-state index in [0.717, 1.165) is 18.8 Å². The van der Waals surface area contributed by atoms with Crippen molar-refractivity contribution in [3.63, 3.8) is 0 Å². The van der Waals surface area contributed by atoms with Crippen molar-refractivity contribution in [3.8, 4) is 0 Å². The SMILES string of the molecule is OCC1CCCCC1CNc1cccc(Cl)n1. The zero-order valence-electron chi connectivity index (χ0n) is 9.90. The topological polar surface area (TPSA) is 45.1 Å². The van der Waals surface area contributed by atoms with Gasteiger partial charge >= 0.3 is 0 Å². The zero-order valence-corrected chi connectivity index (χ0v) is 10.7. The van der Waals surface area contributed by atoms with Crippen LogP contribution in [0.2, 0.25) is 5.15 Å². The number of nitrogens with zero attached hydrogens (tertiary/aromatic N) is 1. The summed E-state index contributed by atoms with van der Waals surface area (Å²) in [6.07, 6.45) is 4.85. The van der Waals surface area contributed by atoms with Crippen LogP contribution in [0.3, 0.4) is 0 Å². The summed E-state index contributed by atoms with van der Waals surface area (Å²) in [6, 6.07) is 5.58. The Morgan fingerprint density at radius 1 is 1.29 bits per heavy atom. The molecule has 1 heterocycles. The van der Waals surface area contributed by atoms with Gasteiger partial charge in [-0.2, -0.15) is 0 Å². The van der Waals surface area contributed by atoms with E-state index in [9.17, 15) is 5.11 Å². The fourth-order valence-electron chi connectivity index (χ4n) is 2.54. The van der Waals surface area contributed by atoms with E-state index in [4.69, 9.17) is 11.6 Å². The van der Waals surface area contributed by atoms with Gasteiger partial charge in [-0.25, -0.2) is 4.98 Å². The Kier molecular flexibility index (Phi) is 4.63. The number of aromatic nitrogens is 1. The molecule has 2 unspecified atom stereocenters. The largest absolute Gasteiger partial charge is 0.396 e. The van der Waals surface area contributed by atoms with Crippen molar-refractivity contribution in [1.29, 1.82) is 0 Å². The summed E-state index contributed by atoms with van der Waals surface area (Å²) in [4.78, 5) is 4.20. The highest BCUT2D eigenvalue weighted by atomic mass is 35.5. The molecule has 3 nitrogen and oxygen atoms in total. The van der Waals surface area contributed by atoms with Crippen LogP contribution in [0, 0.1) is 11.8 Å². The van der Waals surface area contributed by atoms with E-state index in [1.54, 1.807) is 6.07 Å². The third kappa shape index (κ3) is 3.58. The standard InChI is InChI=1S/C13H19ClN2O/c14-12-6-3-7-13(16-12)15-8-10-4-1-2-5-11(10)9-17/h3,6-7,10-11,17H,1-2,4-5,8-9H2,(H,15,16). The van der Waals surface area contributed by atoms with Gasteiger partial charge in [-0.3, -0.25) is 0 Å². The lowest BCUT2D eigenvalue weighted by Gasteiger charge is -2.30. The molecule has 1 aromatic heterocycles. The Hall–Kier alpha value is -0.800. The van der Waals surface area contributed by atoms with Gasteiger partial charge in [-0.05, 0) is 36.8 Å². The third-order valence-corrected chi connectivity index (χ3v) is 3.77. The Morgan fingerprint density at radius 3 is 2.76 bits per heavy atom. The molecule has 0 saturated heterocycles. The minimum Gasteiger partial charge on any atom is -0.396 e. The van der Waals surface area contributed by atoms with Crippen molar-refractivity contribution in [2.75, 3.05) is 18.5 Å². The first kappa shape index (κ1) is 12.7. The van der Waals surface area contributed by atoms with Crippen LogP contribution in [0.1, 0.15) is 25.7 Å². The van der Waals surface area contributed by atoms with E-state index < -0.39 is 0 Å². The van der Waals surface area contributed by atoms with Gasteiger partial charge < -0.3 is 10.4 Å². The maximum atomic E-state index is 9.34. The summed E-state index contributed by atoms with van der Waals surface area (Å²) < 4.78 is 0. The Labute approximate surface area is 107 Å². The Morgan fingerprint density at radius 2 is 2.06 bits per heavy atom. The Bertz CT molecular complexity index is 359. The first-order chi connectivity index (χ1) is 8.29. The van der Waals surface area contributed by atoms with Crippen molar-refractivity contribution in [3.05, 3.63) is 23.4 Å². The maximum Gasteiger partial charge on any atom is 0.131 e. The molecule has 2 rings (SSSR count). The molecular formula is C13H19ClN2O. The minimum absolute atomic E-state index is 0.301. The maximum absolute atomic E-state index is 9.34. The number of aliphatic hydroxyl groups is 1. The average molecular weight is 255 g/mol. The highest BCUT2D eigenvalue weighted by Crippen LogP contribution is 2.29. The van der Waals surface area contributed by atoms with Gasteiger partial charge in [-0.1, -0.05) is 30.5 Å². The molecule has 1 aliphatic carbocycles. The summed E-state index contributed by atoms with van der Waals surface area (Å²) in [5.74, 6) is 1.81. The van der Waals surface area contributed by atoms with E-state index in [-0.39, 0.29) is 0 Å². The fourth-order valence-corrected chi connectivity index (χ4v) is 2.70. The number of aliphatic hydroxyl groups excluding tert-OH is 1. The molecule has 2 atom stereocenters. The summed E-state index contributed by atoms with van der Waals surface area (Å²) in [7, 11) is 0. The van der Waals surface area contributed by atoms with Gasteiger partial charge in [0.25, 0.3) is 0 Å². The van der Waals surface area contributed by atoms with Crippen LogP contribution >= 0.6 is 11.6 Å². The van der Waals surface area contributed by atoms with Crippen molar-refractivity contribution >= 4 is 17.4 Å². The zero-order chi connectivity index (χ0) is 12.1. The molecule has 1 fully saturated rings. The monoisotopic (exact) mass is 254 g/mol. The van der Waals surface area contributed by atoms with Crippen LogP contribution in [-0.2, 0) is 0 Å². The van der Waals surface area contributed by atoms with Gasteiger partial charge in [0.05, 0.1) is 0 Å². The minimum atomic E-state index is 0.301. The molecule has 1 aromatic rings. The average Bonchev–Trinajstić information content (AvgIpc) is 2.37. The lowest BCUT2D eigenvalue weighted by molar-refractivity contribution is 0.141. The fraction of sp³-hybridized carbons (Fsp3) is 0.615. The van der Waals surface area contributed by atoms with E-state index in [0.29, 0.717) is 23.6 Å². The number of pyridine rings is 1. The summed E-state index contributed by atoms with van der Waals surface area (Å²) in [6.45, 7) is 1.17. The second-order valence-corrected chi connectivity index (χ2v) is 5.10. The van der Waals surface area contributed by atoms with Crippen LogP contribution in [0.5, 0.6) is 0 Å². The molecule has 4 heteroatoms. The highest BCUT2D eigenvalue weighted by molar-refractivity contribution is 6.29. The smallest absolute Gasteiger partial charge is 0.131 e. The van der Waals surface area contributed by atoms with Gasteiger partial charge in [0.1, 0.15) is 11.0 Å². The van der Waals surface area contributed by atoms with Gasteiger partial charge in [0.15, 0.2) is 0 Å². The molecule has 0 radical (unpaired) electrons. The van der Waals surface area contributed by atoms with Crippen LogP contribution in [-0.4, -0.2) is 23.2 Å². The number of hydrogen-bond donors (Lipinski definition) is 2. The summed E-state index contributed by atoms with van der Waals surface area (Å²) >= 11 is 5.83. The Balaban J connectivity index is 1.88. The number of halogens is 1.